The first-order valence-corrected chi connectivity index (χ1v) is 4.53. The van der Waals surface area contributed by atoms with Crippen molar-refractivity contribution in [3.8, 4) is 0 Å². The third kappa shape index (κ3) is 3.81. The largest absolute Gasteiger partial charge is 0.469 e. The molecule has 0 aliphatic heterocycles. The highest BCUT2D eigenvalue weighted by molar-refractivity contribution is 5.89. The van der Waals surface area contributed by atoms with E-state index in [0.29, 0.717) is 5.56 Å². The van der Waals surface area contributed by atoms with Gasteiger partial charge >= 0.3 is 11.9 Å². The molecule has 0 amide bonds. The van der Waals surface area contributed by atoms with Gasteiger partial charge in [0.2, 0.25) is 0 Å². The van der Waals surface area contributed by atoms with Gasteiger partial charge in [0.25, 0.3) is 0 Å². The van der Waals surface area contributed by atoms with Crippen LogP contribution in [0.5, 0.6) is 0 Å². The monoisotopic (exact) mass is 208 g/mol. The third-order valence-electron chi connectivity index (χ3n) is 1.78. The van der Waals surface area contributed by atoms with Crippen LogP contribution in [0, 0.1) is 0 Å². The molecule has 1 aromatic carbocycles. The fourth-order valence-electron chi connectivity index (χ4n) is 0.987. The molecule has 0 aliphatic carbocycles. The van der Waals surface area contributed by atoms with E-state index < -0.39 is 11.9 Å². The Hall–Kier alpha value is -1.84. The quantitative estimate of drug-likeness (QED) is 0.702. The Kier molecular flexibility index (Phi) is 4.34. The lowest BCUT2D eigenvalue weighted by Gasteiger charge is -2.03. The number of carbonyl (C=O) groups excluding carboxylic acids is 2. The van der Waals surface area contributed by atoms with Crippen LogP contribution >= 0.6 is 0 Å². The molecular formula is C11H12O4. The van der Waals surface area contributed by atoms with Gasteiger partial charge in [-0.2, -0.15) is 0 Å². The van der Waals surface area contributed by atoms with Gasteiger partial charge in [-0.15, -0.1) is 0 Å². The van der Waals surface area contributed by atoms with Gasteiger partial charge in [0.05, 0.1) is 19.1 Å². The minimum Gasteiger partial charge on any atom is -0.469 e. The smallest absolute Gasteiger partial charge is 0.338 e. The van der Waals surface area contributed by atoms with Crippen LogP contribution in [0.2, 0.25) is 0 Å². The van der Waals surface area contributed by atoms with Gasteiger partial charge in [0, 0.05) is 0 Å². The van der Waals surface area contributed by atoms with Crippen molar-refractivity contribution in [1.82, 2.24) is 0 Å². The molecule has 15 heavy (non-hydrogen) atoms. The SMILES string of the molecule is COC(=O)CCOC(=O)c1ccccc1. The maximum atomic E-state index is 11.3. The van der Waals surface area contributed by atoms with E-state index in [1.807, 2.05) is 6.07 Å². The molecule has 1 rings (SSSR count). The van der Waals surface area contributed by atoms with Gasteiger partial charge in [0.1, 0.15) is 6.61 Å². The second-order valence-corrected chi connectivity index (χ2v) is 2.83. The van der Waals surface area contributed by atoms with Crippen molar-refractivity contribution in [2.45, 2.75) is 6.42 Å². The van der Waals surface area contributed by atoms with Crippen LogP contribution in [0.3, 0.4) is 0 Å². The molecule has 0 saturated carbocycles. The van der Waals surface area contributed by atoms with E-state index >= 15 is 0 Å². The minimum atomic E-state index is -0.431. The highest BCUT2D eigenvalue weighted by atomic mass is 16.5. The van der Waals surface area contributed by atoms with E-state index in [-0.39, 0.29) is 13.0 Å². The van der Waals surface area contributed by atoms with E-state index in [1.54, 1.807) is 24.3 Å². The van der Waals surface area contributed by atoms with E-state index in [1.165, 1.54) is 7.11 Å². The van der Waals surface area contributed by atoms with Crippen LogP contribution in [0.25, 0.3) is 0 Å². The van der Waals surface area contributed by atoms with Gasteiger partial charge in [-0.3, -0.25) is 4.79 Å². The predicted molar refractivity (Wildman–Crippen MR) is 53.4 cm³/mol. The van der Waals surface area contributed by atoms with Crippen LogP contribution in [-0.2, 0) is 14.3 Å². The second kappa shape index (κ2) is 5.80. The number of benzene rings is 1. The summed E-state index contributed by atoms with van der Waals surface area (Å²) in [5.41, 5.74) is 0.474. The summed E-state index contributed by atoms with van der Waals surface area (Å²) in [5.74, 6) is -0.824. The first-order chi connectivity index (χ1) is 7.24. The Labute approximate surface area is 87.8 Å². The molecule has 0 radical (unpaired) electrons. The Morgan fingerprint density at radius 2 is 1.87 bits per heavy atom. The zero-order chi connectivity index (χ0) is 11.1. The molecule has 0 N–H and O–H groups in total. The second-order valence-electron chi connectivity index (χ2n) is 2.83. The highest BCUT2D eigenvalue weighted by Gasteiger charge is 2.07. The number of carbonyl (C=O) groups is 2. The Balaban J connectivity index is 2.34. The standard InChI is InChI=1S/C11H12O4/c1-14-10(12)7-8-15-11(13)9-5-3-2-4-6-9/h2-6H,7-8H2,1H3. The summed E-state index contributed by atoms with van der Waals surface area (Å²) in [5, 5.41) is 0. The molecule has 0 heterocycles. The van der Waals surface area contributed by atoms with Crippen LogP contribution in [0.1, 0.15) is 16.8 Å². The van der Waals surface area contributed by atoms with Crippen molar-refractivity contribution in [2.75, 3.05) is 13.7 Å². The first kappa shape index (κ1) is 11.2. The van der Waals surface area contributed by atoms with Crippen molar-refractivity contribution >= 4 is 11.9 Å². The molecule has 0 fully saturated rings. The number of hydrogen-bond acceptors (Lipinski definition) is 4. The molecule has 0 spiro atoms. The summed E-state index contributed by atoms with van der Waals surface area (Å²) in [7, 11) is 1.29. The Bertz CT molecular complexity index is 332. The number of methoxy groups -OCH3 is 1. The molecule has 0 bridgehead atoms. The average molecular weight is 208 g/mol. The van der Waals surface area contributed by atoms with Gasteiger partial charge in [0.15, 0.2) is 0 Å². The molecular weight excluding hydrogens is 196 g/mol. The number of hydrogen-bond donors (Lipinski definition) is 0. The lowest BCUT2D eigenvalue weighted by Crippen LogP contribution is -2.10. The molecule has 0 unspecified atom stereocenters. The van der Waals surface area contributed by atoms with Gasteiger partial charge in [-0.25, -0.2) is 4.79 Å². The van der Waals surface area contributed by atoms with Gasteiger partial charge < -0.3 is 9.47 Å². The van der Waals surface area contributed by atoms with Crippen molar-refractivity contribution < 1.29 is 19.1 Å². The number of esters is 2. The predicted octanol–water partition coefficient (Wildman–Crippen LogP) is 1.41. The number of rotatable bonds is 4. The van der Waals surface area contributed by atoms with Crippen LogP contribution in [-0.4, -0.2) is 25.7 Å². The molecule has 1 aromatic rings. The van der Waals surface area contributed by atoms with Crippen molar-refractivity contribution in [3.05, 3.63) is 35.9 Å². The average Bonchev–Trinajstić information content (AvgIpc) is 2.29. The number of ether oxygens (including phenoxy) is 2. The molecule has 0 saturated heterocycles. The topological polar surface area (TPSA) is 52.6 Å². The van der Waals surface area contributed by atoms with E-state index in [9.17, 15) is 9.59 Å². The highest BCUT2D eigenvalue weighted by Crippen LogP contribution is 2.01. The molecule has 0 aliphatic rings. The van der Waals surface area contributed by atoms with Crippen molar-refractivity contribution in [3.63, 3.8) is 0 Å². The normalized spacial score (nSPS) is 9.40. The molecule has 0 atom stereocenters. The van der Waals surface area contributed by atoms with E-state index in [4.69, 9.17) is 4.74 Å². The summed E-state index contributed by atoms with van der Waals surface area (Å²) in [6.07, 6.45) is 0.0784. The van der Waals surface area contributed by atoms with Crippen LogP contribution in [0.4, 0.5) is 0 Å². The summed E-state index contributed by atoms with van der Waals surface area (Å²) in [6.45, 7) is 0.0421. The van der Waals surface area contributed by atoms with E-state index in [2.05, 4.69) is 4.74 Å². The third-order valence-corrected chi connectivity index (χ3v) is 1.78. The molecule has 4 nitrogen and oxygen atoms in total. The van der Waals surface area contributed by atoms with Crippen molar-refractivity contribution in [2.24, 2.45) is 0 Å². The minimum absolute atomic E-state index is 0.0421. The van der Waals surface area contributed by atoms with Crippen molar-refractivity contribution in [1.29, 1.82) is 0 Å². The summed E-state index contributed by atoms with van der Waals surface area (Å²) >= 11 is 0. The Morgan fingerprint density at radius 3 is 2.47 bits per heavy atom. The summed E-state index contributed by atoms with van der Waals surface area (Å²) in [6, 6.07) is 8.61. The lowest BCUT2D eigenvalue weighted by atomic mass is 10.2. The molecule has 0 aromatic heterocycles. The lowest BCUT2D eigenvalue weighted by molar-refractivity contribution is -0.141. The fourth-order valence-corrected chi connectivity index (χ4v) is 0.987. The fraction of sp³-hybridized carbons (Fsp3) is 0.273. The molecule has 4 heteroatoms. The Morgan fingerprint density at radius 1 is 1.20 bits per heavy atom. The van der Waals surface area contributed by atoms with Crippen LogP contribution in [0.15, 0.2) is 30.3 Å². The van der Waals surface area contributed by atoms with E-state index in [0.717, 1.165) is 0 Å². The van der Waals surface area contributed by atoms with Gasteiger partial charge in [-0.1, -0.05) is 18.2 Å². The first-order valence-electron chi connectivity index (χ1n) is 4.53. The van der Waals surface area contributed by atoms with Crippen LogP contribution < -0.4 is 0 Å². The zero-order valence-electron chi connectivity index (χ0n) is 8.43. The molecule has 80 valence electrons. The van der Waals surface area contributed by atoms with Gasteiger partial charge in [-0.05, 0) is 12.1 Å². The summed E-state index contributed by atoms with van der Waals surface area (Å²) < 4.78 is 9.27. The maximum Gasteiger partial charge on any atom is 0.338 e. The maximum absolute atomic E-state index is 11.3. The summed E-state index contributed by atoms with van der Waals surface area (Å²) in [4.78, 5) is 22.1. The zero-order valence-corrected chi connectivity index (χ0v) is 8.43.